The van der Waals surface area contributed by atoms with Gasteiger partial charge >= 0.3 is 0 Å². The van der Waals surface area contributed by atoms with E-state index in [1.54, 1.807) is 0 Å². The Balaban J connectivity index is 1.97. The smallest absolute Gasteiger partial charge is 0.233 e. The third-order valence-corrected chi connectivity index (χ3v) is 3.12. The van der Waals surface area contributed by atoms with Crippen molar-refractivity contribution in [2.24, 2.45) is 5.92 Å². The third-order valence-electron chi connectivity index (χ3n) is 3.12. The first-order chi connectivity index (χ1) is 7.72. The SMILES string of the molecule is CCC(C)NCC(=O)NCCC1CCOC1. The fourth-order valence-electron chi connectivity index (χ4n) is 1.70. The summed E-state index contributed by atoms with van der Waals surface area (Å²) in [4.78, 5) is 11.4. The molecule has 16 heavy (non-hydrogen) atoms. The highest BCUT2D eigenvalue weighted by atomic mass is 16.5. The Labute approximate surface area is 98.1 Å². The summed E-state index contributed by atoms with van der Waals surface area (Å²) in [5.41, 5.74) is 0. The van der Waals surface area contributed by atoms with Crippen LogP contribution in [0.4, 0.5) is 0 Å². The zero-order valence-electron chi connectivity index (χ0n) is 10.4. The molecule has 1 rings (SSSR count). The lowest BCUT2D eigenvalue weighted by molar-refractivity contribution is -0.120. The molecular formula is C12H24N2O2. The summed E-state index contributed by atoms with van der Waals surface area (Å²) in [5, 5.41) is 6.11. The highest BCUT2D eigenvalue weighted by molar-refractivity contribution is 5.77. The molecule has 0 aliphatic carbocycles. The van der Waals surface area contributed by atoms with Crippen molar-refractivity contribution in [3.8, 4) is 0 Å². The first-order valence-corrected chi connectivity index (χ1v) is 6.30. The predicted octanol–water partition coefficient (Wildman–Crippen LogP) is 0.917. The molecule has 0 bridgehead atoms. The van der Waals surface area contributed by atoms with E-state index in [1.807, 2.05) is 0 Å². The number of amides is 1. The van der Waals surface area contributed by atoms with Crippen LogP contribution < -0.4 is 10.6 Å². The minimum Gasteiger partial charge on any atom is -0.381 e. The number of carbonyl (C=O) groups is 1. The van der Waals surface area contributed by atoms with Crippen molar-refractivity contribution < 1.29 is 9.53 Å². The molecule has 1 heterocycles. The highest BCUT2D eigenvalue weighted by Crippen LogP contribution is 2.14. The summed E-state index contributed by atoms with van der Waals surface area (Å²) >= 11 is 0. The number of ether oxygens (including phenoxy) is 1. The van der Waals surface area contributed by atoms with Crippen molar-refractivity contribution in [3.05, 3.63) is 0 Å². The minimum absolute atomic E-state index is 0.0965. The van der Waals surface area contributed by atoms with Gasteiger partial charge in [-0.2, -0.15) is 0 Å². The summed E-state index contributed by atoms with van der Waals surface area (Å²) in [7, 11) is 0. The van der Waals surface area contributed by atoms with E-state index in [0.717, 1.165) is 39.0 Å². The van der Waals surface area contributed by atoms with Crippen molar-refractivity contribution in [2.45, 2.75) is 39.2 Å². The largest absolute Gasteiger partial charge is 0.381 e. The van der Waals surface area contributed by atoms with E-state index in [0.29, 0.717) is 18.5 Å². The Hall–Kier alpha value is -0.610. The van der Waals surface area contributed by atoms with E-state index in [4.69, 9.17) is 4.74 Å². The van der Waals surface area contributed by atoms with Crippen LogP contribution in [0.1, 0.15) is 33.1 Å². The molecule has 2 unspecified atom stereocenters. The van der Waals surface area contributed by atoms with Crippen LogP contribution in [0.3, 0.4) is 0 Å². The van der Waals surface area contributed by atoms with Gasteiger partial charge in [0.05, 0.1) is 6.54 Å². The maximum atomic E-state index is 11.4. The van der Waals surface area contributed by atoms with E-state index >= 15 is 0 Å². The molecule has 2 atom stereocenters. The number of carbonyl (C=O) groups excluding carboxylic acids is 1. The van der Waals surface area contributed by atoms with Gasteiger partial charge in [0.2, 0.25) is 5.91 Å². The number of hydrogen-bond acceptors (Lipinski definition) is 3. The molecule has 94 valence electrons. The first-order valence-electron chi connectivity index (χ1n) is 6.30. The predicted molar refractivity (Wildman–Crippen MR) is 64.3 cm³/mol. The van der Waals surface area contributed by atoms with Crippen molar-refractivity contribution in [1.29, 1.82) is 0 Å². The van der Waals surface area contributed by atoms with Gasteiger partial charge in [-0.15, -0.1) is 0 Å². The standard InChI is InChI=1S/C12H24N2O2/c1-3-10(2)14-8-12(15)13-6-4-11-5-7-16-9-11/h10-11,14H,3-9H2,1-2H3,(H,13,15). The van der Waals surface area contributed by atoms with E-state index in [-0.39, 0.29) is 5.91 Å². The fraction of sp³-hybridized carbons (Fsp3) is 0.917. The Morgan fingerprint density at radius 1 is 1.56 bits per heavy atom. The van der Waals surface area contributed by atoms with Crippen molar-refractivity contribution in [3.63, 3.8) is 0 Å². The van der Waals surface area contributed by atoms with Crippen LogP contribution >= 0.6 is 0 Å². The lowest BCUT2D eigenvalue weighted by atomic mass is 10.1. The van der Waals surface area contributed by atoms with Gasteiger partial charge in [-0.05, 0) is 32.1 Å². The first kappa shape index (κ1) is 13.5. The summed E-state index contributed by atoms with van der Waals surface area (Å²) in [6.45, 7) is 7.14. The molecule has 0 aromatic carbocycles. The van der Waals surface area contributed by atoms with Gasteiger partial charge in [0.15, 0.2) is 0 Å². The van der Waals surface area contributed by atoms with Crippen LogP contribution in [0.5, 0.6) is 0 Å². The quantitative estimate of drug-likeness (QED) is 0.681. The van der Waals surface area contributed by atoms with Gasteiger partial charge in [-0.1, -0.05) is 6.92 Å². The molecule has 1 saturated heterocycles. The molecule has 0 aromatic heterocycles. The average molecular weight is 228 g/mol. The maximum Gasteiger partial charge on any atom is 0.233 e. The van der Waals surface area contributed by atoms with Crippen LogP contribution in [0.15, 0.2) is 0 Å². The number of hydrogen-bond donors (Lipinski definition) is 2. The zero-order valence-corrected chi connectivity index (χ0v) is 10.4. The molecule has 1 aliphatic heterocycles. The van der Waals surface area contributed by atoms with Crippen LogP contribution in [-0.2, 0) is 9.53 Å². The molecule has 1 amide bonds. The molecule has 1 fully saturated rings. The second-order valence-electron chi connectivity index (χ2n) is 4.56. The van der Waals surface area contributed by atoms with Gasteiger partial charge in [-0.3, -0.25) is 4.79 Å². The van der Waals surface area contributed by atoms with Crippen LogP contribution in [0, 0.1) is 5.92 Å². The monoisotopic (exact) mass is 228 g/mol. The van der Waals surface area contributed by atoms with Gasteiger partial charge in [-0.25, -0.2) is 0 Å². The van der Waals surface area contributed by atoms with Crippen molar-refractivity contribution in [1.82, 2.24) is 10.6 Å². The molecule has 4 nitrogen and oxygen atoms in total. The average Bonchev–Trinajstić information content (AvgIpc) is 2.79. The second-order valence-corrected chi connectivity index (χ2v) is 4.56. The van der Waals surface area contributed by atoms with Crippen molar-refractivity contribution >= 4 is 5.91 Å². The van der Waals surface area contributed by atoms with E-state index in [2.05, 4.69) is 24.5 Å². The lowest BCUT2D eigenvalue weighted by Gasteiger charge is -2.12. The molecular weight excluding hydrogens is 204 g/mol. The van der Waals surface area contributed by atoms with Gasteiger partial charge in [0, 0.05) is 25.8 Å². The van der Waals surface area contributed by atoms with Crippen LogP contribution in [0.2, 0.25) is 0 Å². The van der Waals surface area contributed by atoms with Gasteiger partial charge < -0.3 is 15.4 Å². The molecule has 4 heteroatoms. The molecule has 0 saturated carbocycles. The van der Waals surface area contributed by atoms with Crippen molar-refractivity contribution in [2.75, 3.05) is 26.3 Å². The Morgan fingerprint density at radius 3 is 3.00 bits per heavy atom. The molecule has 0 aromatic rings. The minimum atomic E-state index is 0.0965. The fourth-order valence-corrected chi connectivity index (χ4v) is 1.70. The molecule has 0 radical (unpaired) electrons. The summed E-state index contributed by atoms with van der Waals surface area (Å²) in [6, 6.07) is 0.411. The summed E-state index contributed by atoms with van der Waals surface area (Å²) in [6.07, 6.45) is 3.22. The zero-order chi connectivity index (χ0) is 11.8. The normalized spacial score (nSPS) is 22.0. The molecule has 1 aliphatic rings. The molecule has 2 N–H and O–H groups in total. The van der Waals surface area contributed by atoms with Gasteiger partial charge in [0.25, 0.3) is 0 Å². The number of rotatable bonds is 7. The summed E-state index contributed by atoms with van der Waals surface area (Å²) < 4.78 is 5.28. The van der Waals surface area contributed by atoms with E-state index in [1.165, 1.54) is 0 Å². The Kier molecular flexibility index (Phi) is 6.42. The third kappa shape index (κ3) is 5.47. The molecule has 0 spiro atoms. The lowest BCUT2D eigenvalue weighted by Crippen LogP contribution is -2.38. The Bertz CT molecular complexity index is 203. The van der Waals surface area contributed by atoms with Crippen LogP contribution in [-0.4, -0.2) is 38.3 Å². The maximum absolute atomic E-state index is 11.4. The topological polar surface area (TPSA) is 50.4 Å². The summed E-state index contributed by atoms with van der Waals surface area (Å²) in [5.74, 6) is 0.738. The van der Waals surface area contributed by atoms with Crippen LogP contribution in [0.25, 0.3) is 0 Å². The second kappa shape index (κ2) is 7.63. The van der Waals surface area contributed by atoms with E-state index < -0.39 is 0 Å². The Morgan fingerprint density at radius 2 is 2.38 bits per heavy atom. The number of nitrogens with one attached hydrogen (secondary N) is 2. The van der Waals surface area contributed by atoms with Gasteiger partial charge in [0.1, 0.15) is 0 Å². The highest BCUT2D eigenvalue weighted by Gasteiger charge is 2.15. The van der Waals surface area contributed by atoms with E-state index in [9.17, 15) is 4.79 Å².